The van der Waals surface area contributed by atoms with Gasteiger partial charge < -0.3 is 9.88 Å². The molecule has 1 saturated heterocycles. The quantitative estimate of drug-likeness (QED) is 0.888. The predicted molar refractivity (Wildman–Crippen MR) is 94.7 cm³/mol. The van der Waals surface area contributed by atoms with Gasteiger partial charge in [-0.2, -0.15) is 0 Å². The van der Waals surface area contributed by atoms with Crippen molar-refractivity contribution in [3.8, 4) is 0 Å². The van der Waals surface area contributed by atoms with Gasteiger partial charge in [-0.3, -0.25) is 4.79 Å². The monoisotopic (exact) mass is 349 g/mol. The van der Waals surface area contributed by atoms with Gasteiger partial charge in [0.15, 0.2) is 0 Å². The van der Waals surface area contributed by atoms with Crippen LogP contribution >= 0.6 is 0 Å². The van der Waals surface area contributed by atoms with Crippen molar-refractivity contribution in [2.75, 3.05) is 19.3 Å². The number of H-pyrrole nitrogens is 1. The van der Waals surface area contributed by atoms with Crippen molar-refractivity contribution in [1.29, 1.82) is 0 Å². The molecule has 7 heteroatoms. The number of sulfonamides is 1. The molecule has 0 saturated carbocycles. The van der Waals surface area contributed by atoms with Gasteiger partial charge >= 0.3 is 0 Å². The minimum Gasteiger partial charge on any atom is -0.351 e. The first-order valence-corrected chi connectivity index (χ1v) is 9.98. The van der Waals surface area contributed by atoms with Crippen LogP contribution in [0.3, 0.4) is 0 Å². The van der Waals surface area contributed by atoms with E-state index in [4.69, 9.17) is 0 Å². The molecule has 0 radical (unpaired) electrons. The van der Waals surface area contributed by atoms with Crippen LogP contribution < -0.4 is 4.72 Å². The van der Waals surface area contributed by atoms with Crippen molar-refractivity contribution in [3.05, 3.63) is 35.0 Å². The van der Waals surface area contributed by atoms with Crippen LogP contribution in [0.4, 0.5) is 0 Å². The van der Waals surface area contributed by atoms with Gasteiger partial charge in [-0.05, 0) is 49.9 Å². The van der Waals surface area contributed by atoms with Crippen LogP contribution in [0.1, 0.15) is 34.5 Å². The third-order valence-electron chi connectivity index (χ3n) is 4.41. The normalized spacial score (nSPS) is 19.0. The molecule has 1 aliphatic heterocycles. The van der Waals surface area contributed by atoms with E-state index in [-0.39, 0.29) is 11.9 Å². The van der Waals surface area contributed by atoms with E-state index in [0.717, 1.165) is 41.1 Å². The van der Waals surface area contributed by atoms with E-state index in [2.05, 4.69) is 15.8 Å². The second-order valence-corrected chi connectivity index (χ2v) is 8.49. The summed E-state index contributed by atoms with van der Waals surface area (Å²) in [5.74, 6) is -0.0803. The standard InChI is InChI=1S/C17H23N3O3S/c1-11-7-12(2)14-9-16(18-15(14)8-11)17(21)20-6-4-5-13(10-20)19-24(3,22)23/h7-9,13,18-19H,4-6,10H2,1-3H3. The Labute approximate surface area is 142 Å². The number of fused-ring (bicyclic) bond motifs is 1. The van der Waals surface area contributed by atoms with E-state index in [1.54, 1.807) is 4.90 Å². The summed E-state index contributed by atoms with van der Waals surface area (Å²) in [4.78, 5) is 17.7. The SMILES string of the molecule is Cc1cc(C)c2cc(C(=O)N3CCCC(NS(C)(=O)=O)C3)[nH]c2c1. The minimum absolute atomic E-state index is 0.0803. The summed E-state index contributed by atoms with van der Waals surface area (Å²) in [6, 6.07) is 5.80. The van der Waals surface area contributed by atoms with Gasteiger partial charge in [0.05, 0.1) is 6.26 Å². The van der Waals surface area contributed by atoms with Crippen LogP contribution in [0.25, 0.3) is 10.9 Å². The number of likely N-dealkylation sites (tertiary alicyclic amines) is 1. The highest BCUT2D eigenvalue weighted by Crippen LogP contribution is 2.23. The van der Waals surface area contributed by atoms with E-state index >= 15 is 0 Å². The van der Waals surface area contributed by atoms with E-state index < -0.39 is 10.0 Å². The zero-order chi connectivity index (χ0) is 17.5. The Balaban J connectivity index is 1.82. The molecule has 1 amide bonds. The molecular formula is C17H23N3O3S. The molecule has 1 aromatic carbocycles. The second kappa shape index (κ2) is 6.22. The molecular weight excluding hydrogens is 326 g/mol. The Morgan fingerprint density at radius 1 is 1.29 bits per heavy atom. The van der Waals surface area contributed by atoms with Crippen LogP contribution in [-0.4, -0.2) is 49.6 Å². The van der Waals surface area contributed by atoms with Gasteiger partial charge in [0.1, 0.15) is 5.69 Å². The summed E-state index contributed by atoms with van der Waals surface area (Å²) in [5.41, 5.74) is 3.80. The molecule has 2 aromatic rings. The molecule has 0 bridgehead atoms. The number of piperidine rings is 1. The number of aryl methyl sites for hydroxylation is 2. The molecule has 130 valence electrons. The van der Waals surface area contributed by atoms with Gasteiger partial charge in [-0.1, -0.05) is 6.07 Å². The molecule has 2 heterocycles. The summed E-state index contributed by atoms with van der Waals surface area (Å²) >= 11 is 0. The van der Waals surface area contributed by atoms with Crippen molar-refractivity contribution >= 4 is 26.8 Å². The summed E-state index contributed by atoms with van der Waals surface area (Å²) < 4.78 is 25.4. The Bertz CT molecular complexity index is 886. The van der Waals surface area contributed by atoms with E-state index in [1.807, 2.05) is 26.0 Å². The summed E-state index contributed by atoms with van der Waals surface area (Å²) in [7, 11) is -3.26. The Kier molecular flexibility index (Phi) is 4.40. The smallest absolute Gasteiger partial charge is 0.270 e. The third kappa shape index (κ3) is 3.62. The highest BCUT2D eigenvalue weighted by molar-refractivity contribution is 7.88. The Hall–Kier alpha value is -1.86. The van der Waals surface area contributed by atoms with Crippen molar-refractivity contribution in [2.24, 2.45) is 0 Å². The number of amides is 1. The largest absolute Gasteiger partial charge is 0.351 e. The fourth-order valence-corrected chi connectivity index (χ4v) is 4.24. The van der Waals surface area contributed by atoms with Gasteiger partial charge in [-0.25, -0.2) is 13.1 Å². The lowest BCUT2D eigenvalue weighted by Crippen LogP contribution is -2.49. The zero-order valence-corrected chi connectivity index (χ0v) is 15.0. The van der Waals surface area contributed by atoms with Crippen LogP contribution in [0.15, 0.2) is 18.2 Å². The molecule has 1 aliphatic rings. The molecule has 1 atom stereocenters. The van der Waals surface area contributed by atoms with Crippen molar-refractivity contribution in [1.82, 2.24) is 14.6 Å². The number of aromatic nitrogens is 1. The molecule has 24 heavy (non-hydrogen) atoms. The molecule has 0 aliphatic carbocycles. The highest BCUT2D eigenvalue weighted by atomic mass is 32.2. The summed E-state index contributed by atoms with van der Waals surface area (Å²) in [5, 5.41) is 1.05. The maximum Gasteiger partial charge on any atom is 0.270 e. The minimum atomic E-state index is -3.26. The number of nitrogens with zero attached hydrogens (tertiary/aromatic N) is 1. The lowest BCUT2D eigenvalue weighted by molar-refractivity contribution is 0.0698. The van der Waals surface area contributed by atoms with E-state index in [0.29, 0.717) is 18.8 Å². The maximum atomic E-state index is 12.8. The van der Waals surface area contributed by atoms with Crippen molar-refractivity contribution < 1.29 is 13.2 Å². The first-order valence-electron chi connectivity index (χ1n) is 8.09. The van der Waals surface area contributed by atoms with Crippen molar-refractivity contribution in [2.45, 2.75) is 32.7 Å². The first-order chi connectivity index (χ1) is 11.2. The average molecular weight is 349 g/mol. The van der Waals surface area contributed by atoms with E-state index in [1.165, 1.54) is 0 Å². The summed E-state index contributed by atoms with van der Waals surface area (Å²) in [6.07, 6.45) is 2.69. The number of hydrogen-bond donors (Lipinski definition) is 2. The van der Waals surface area contributed by atoms with Gasteiger partial charge in [-0.15, -0.1) is 0 Å². The molecule has 0 spiro atoms. The van der Waals surface area contributed by atoms with Crippen molar-refractivity contribution in [3.63, 3.8) is 0 Å². The molecule has 3 rings (SSSR count). The van der Waals surface area contributed by atoms with Crippen LogP contribution in [0.5, 0.6) is 0 Å². The molecule has 1 unspecified atom stereocenters. The fraction of sp³-hybridized carbons (Fsp3) is 0.471. The lowest BCUT2D eigenvalue weighted by Gasteiger charge is -2.32. The van der Waals surface area contributed by atoms with E-state index in [9.17, 15) is 13.2 Å². The van der Waals surface area contributed by atoms with Gasteiger partial charge in [0.25, 0.3) is 5.91 Å². The van der Waals surface area contributed by atoms with Crippen LogP contribution in [0, 0.1) is 13.8 Å². The number of hydrogen-bond acceptors (Lipinski definition) is 3. The van der Waals surface area contributed by atoms with Crippen LogP contribution in [0.2, 0.25) is 0 Å². The summed E-state index contributed by atoms with van der Waals surface area (Å²) in [6.45, 7) is 5.11. The number of benzene rings is 1. The van der Waals surface area contributed by atoms with Gasteiger partial charge in [0, 0.05) is 30.0 Å². The third-order valence-corrected chi connectivity index (χ3v) is 5.17. The fourth-order valence-electron chi connectivity index (χ4n) is 3.45. The number of carbonyl (C=O) groups excluding carboxylic acids is 1. The topological polar surface area (TPSA) is 82.3 Å². The highest BCUT2D eigenvalue weighted by Gasteiger charge is 2.27. The molecule has 1 fully saturated rings. The second-order valence-electron chi connectivity index (χ2n) is 6.71. The number of carbonyl (C=O) groups is 1. The molecule has 1 aromatic heterocycles. The number of nitrogens with one attached hydrogen (secondary N) is 2. The maximum absolute atomic E-state index is 12.8. The Morgan fingerprint density at radius 2 is 2.04 bits per heavy atom. The van der Waals surface area contributed by atoms with Gasteiger partial charge in [0.2, 0.25) is 10.0 Å². The predicted octanol–water partition coefficient (Wildman–Crippen LogP) is 1.94. The number of rotatable bonds is 3. The first kappa shape index (κ1) is 17.0. The molecule has 6 nitrogen and oxygen atoms in total. The Morgan fingerprint density at radius 3 is 2.75 bits per heavy atom. The average Bonchev–Trinajstić information content (AvgIpc) is 2.89. The number of aromatic amines is 1. The molecule has 2 N–H and O–H groups in total. The van der Waals surface area contributed by atoms with Crippen LogP contribution in [-0.2, 0) is 10.0 Å². The zero-order valence-electron chi connectivity index (χ0n) is 14.2. The lowest BCUT2D eigenvalue weighted by atomic mass is 10.1.